The largest absolute Gasteiger partial charge is 0.423 e. The Balaban J connectivity index is 1.93. The topological polar surface area (TPSA) is 107 Å². The fourth-order valence-corrected chi connectivity index (χ4v) is 4.97. The first kappa shape index (κ1) is 18.4. The van der Waals surface area contributed by atoms with E-state index in [9.17, 15) is 4.57 Å². The molecule has 3 aromatic heterocycles. The first-order chi connectivity index (χ1) is 13.2. The maximum absolute atomic E-state index is 13.9. The van der Waals surface area contributed by atoms with Gasteiger partial charge < -0.3 is 0 Å². The van der Waals surface area contributed by atoms with Crippen molar-refractivity contribution in [2.75, 3.05) is 0 Å². The van der Waals surface area contributed by atoms with E-state index >= 15 is 0 Å². The molecule has 3 aromatic rings. The molecule has 1 aliphatic rings. The molecule has 10 nitrogen and oxygen atoms in total. The van der Waals surface area contributed by atoms with Crippen molar-refractivity contribution in [1.29, 1.82) is 0 Å². The zero-order chi connectivity index (χ0) is 20.2. The summed E-state index contributed by atoms with van der Waals surface area (Å²) in [6.45, 7) is 11.3. The number of nitrogens with one attached hydrogen (secondary N) is 1. The number of aromatic nitrogens is 6. The third-order valence-electron chi connectivity index (χ3n) is 4.33. The van der Waals surface area contributed by atoms with Gasteiger partial charge in [-0.1, -0.05) is 0 Å². The van der Waals surface area contributed by atoms with E-state index in [-0.39, 0.29) is 0 Å². The molecule has 0 radical (unpaired) electrons. The van der Waals surface area contributed by atoms with E-state index in [2.05, 4.69) is 30.1 Å². The summed E-state index contributed by atoms with van der Waals surface area (Å²) in [6, 6.07) is 5.69. The first-order valence-electron chi connectivity index (χ1n) is 8.85. The van der Waals surface area contributed by atoms with Crippen LogP contribution in [0.2, 0.25) is 0 Å². The maximum atomic E-state index is 13.9. The van der Waals surface area contributed by atoms with Gasteiger partial charge in [0.05, 0.1) is 17.1 Å². The average molecular weight is 399 g/mol. The SMILES string of the molecule is Cc1cc(C)n(C2=NP(=O)(n3nc(C)cc3C)N=C(n3nc(C)cc3C)N2)n1. The van der Waals surface area contributed by atoms with E-state index in [0.29, 0.717) is 11.9 Å². The molecule has 28 heavy (non-hydrogen) atoms. The summed E-state index contributed by atoms with van der Waals surface area (Å²) < 4.78 is 27.4. The van der Waals surface area contributed by atoms with Crippen LogP contribution in [-0.4, -0.2) is 41.0 Å². The quantitative estimate of drug-likeness (QED) is 0.633. The minimum atomic E-state index is -3.65. The van der Waals surface area contributed by atoms with Crippen LogP contribution in [0.25, 0.3) is 0 Å². The van der Waals surface area contributed by atoms with Crippen LogP contribution in [0.3, 0.4) is 0 Å². The summed E-state index contributed by atoms with van der Waals surface area (Å²) in [6.07, 6.45) is 0. The lowest BCUT2D eigenvalue weighted by Crippen LogP contribution is -2.43. The fraction of sp³-hybridized carbons (Fsp3) is 0.353. The Morgan fingerprint density at radius 3 is 1.50 bits per heavy atom. The average Bonchev–Trinajstić information content (AvgIpc) is 3.23. The minimum absolute atomic E-state index is 0.319. The van der Waals surface area contributed by atoms with Gasteiger partial charge in [0.2, 0.25) is 11.9 Å². The minimum Gasteiger partial charge on any atom is -0.292 e. The van der Waals surface area contributed by atoms with E-state index in [4.69, 9.17) is 0 Å². The van der Waals surface area contributed by atoms with E-state index in [1.165, 1.54) is 4.45 Å². The van der Waals surface area contributed by atoms with Crippen LogP contribution in [0.15, 0.2) is 27.7 Å². The lowest BCUT2D eigenvalue weighted by molar-refractivity contribution is 0.562. The molecule has 1 N–H and O–H groups in total. The van der Waals surface area contributed by atoms with Gasteiger partial charge in [0, 0.05) is 17.1 Å². The Bertz CT molecular complexity index is 1130. The van der Waals surface area contributed by atoms with Crippen LogP contribution in [0, 0.1) is 41.5 Å². The Morgan fingerprint density at radius 1 is 0.714 bits per heavy atom. The molecule has 0 spiro atoms. The van der Waals surface area contributed by atoms with Gasteiger partial charge in [-0.2, -0.15) is 19.7 Å². The Labute approximate surface area is 162 Å². The van der Waals surface area contributed by atoms with Crippen LogP contribution in [-0.2, 0) is 4.57 Å². The van der Waals surface area contributed by atoms with E-state index in [0.717, 1.165) is 34.2 Å². The number of hydrogen-bond donors (Lipinski definition) is 1. The molecule has 0 atom stereocenters. The van der Waals surface area contributed by atoms with Crippen molar-refractivity contribution in [3.63, 3.8) is 0 Å². The second-order valence-electron chi connectivity index (χ2n) is 6.98. The predicted octanol–water partition coefficient (Wildman–Crippen LogP) is 2.49. The summed E-state index contributed by atoms with van der Waals surface area (Å²) in [5, 5.41) is 16.4. The van der Waals surface area contributed by atoms with Gasteiger partial charge in [-0.05, 0) is 59.7 Å². The van der Waals surface area contributed by atoms with Crippen LogP contribution in [0.5, 0.6) is 0 Å². The van der Waals surface area contributed by atoms with Crippen molar-refractivity contribution in [1.82, 2.24) is 34.4 Å². The highest BCUT2D eigenvalue weighted by Gasteiger charge is 2.34. The van der Waals surface area contributed by atoms with Gasteiger partial charge in [-0.15, -0.1) is 9.53 Å². The molecule has 1 aliphatic heterocycles. The second kappa shape index (κ2) is 6.27. The van der Waals surface area contributed by atoms with Crippen LogP contribution < -0.4 is 5.32 Å². The van der Waals surface area contributed by atoms with Gasteiger partial charge in [0.15, 0.2) is 0 Å². The number of rotatable bonds is 1. The molecule has 4 heterocycles. The Kier molecular flexibility index (Phi) is 4.11. The molecule has 0 aliphatic carbocycles. The third kappa shape index (κ3) is 2.99. The maximum Gasteiger partial charge on any atom is 0.423 e. The molecular formula is C17H22N9OP. The molecule has 0 unspecified atom stereocenters. The molecule has 0 bridgehead atoms. The van der Waals surface area contributed by atoms with Crippen molar-refractivity contribution in [2.45, 2.75) is 41.5 Å². The molecule has 4 rings (SSSR count). The van der Waals surface area contributed by atoms with Crippen LogP contribution in [0.1, 0.15) is 34.2 Å². The molecule has 0 saturated carbocycles. The first-order valence-corrected chi connectivity index (χ1v) is 10.4. The molecule has 0 saturated heterocycles. The highest BCUT2D eigenvalue weighted by molar-refractivity contribution is 7.60. The zero-order valence-corrected chi connectivity index (χ0v) is 17.6. The standard InChI is InChI=1S/C17H22N9OP/c1-10-7-13(4)24(19-10)16-18-17(25-14(5)8-11(2)20-25)23-28(27,22-16)26-15(6)9-12(3)21-26/h7-9H,1-6H3,(H,18,22,23,27). The summed E-state index contributed by atoms with van der Waals surface area (Å²) in [4.78, 5) is 0. The number of hydrogen-bond acceptors (Lipinski definition) is 5. The van der Waals surface area contributed by atoms with Gasteiger partial charge in [-0.3, -0.25) is 5.32 Å². The van der Waals surface area contributed by atoms with Crippen molar-refractivity contribution < 1.29 is 4.57 Å². The number of nitrogens with zero attached hydrogens (tertiary/aromatic N) is 8. The number of aryl methyl sites for hydroxylation is 6. The monoisotopic (exact) mass is 399 g/mol. The lowest BCUT2D eigenvalue weighted by atomic mass is 10.4. The van der Waals surface area contributed by atoms with Gasteiger partial charge in [0.1, 0.15) is 0 Å². The van der Waals surface area contributed by atoms with Crippen molar-refractivity contribution >= 4 is 19.5 Å². The summed E-state index contributed by atoms with van der Waals surface area (Å²) in [5.74, 6) is 0.637. The van der Waals surface area contributed by atoms with E-state index in [1.54, 1.807) is 9.36 Å². The fourth-order valence-electron chi connectivity index (χ4n) is 3.26. The van der Waals surface area contributed by atoms with Crippen molar-refractivity contribution in [3.05, 3.63) is 52.4 Å². The molecular weight excluding hydrogens is 377 g/mol. The van der Waals surface area contributed by atoms with Gasteiger partial charge in [0.25, 0.3) is 0 Å². The third-order valence-corrected chi connectivity index (χ3v) is 6.12. The van der Waals surface area contributed by atoms with E-state index < -0.39 is 7.59 Å². The van der Waals surface area contributed by atoms with Gasteiger partial charge >= 0.3 is 7.59 Å². The second-order valence-corrected chi connectivity index (χ2v) is 8.79. The highest BCUT2D eigenvalue weighted by Crippen LogP contribution is 2.52. The molecule has 11 heteroatoms. The highest BCUT2D eigenvalue weighted by atomic mass is 31.2. The Morgan fingerprint density at radius 2 is 1.14 bits per heavy atom. The van der Waals surface area contributed by atoms with Gasteiger partial charge in [-0.25, -0.2) is 13.9 Å². The summed E-state index contributed by atoms with van der Waals surface area (Å²) >= 11 is 0. The van der Waals surface area contributed by atoms with E-state index in [1.807, 2.05) is 59.7 Å². The smallest absolute Gasteiger partial charge is 0.292 e. The summed E-state index contributed by atoms with van der Waals surface area (Å²) in [5.41, 5.74) is 4.85. The molecule has 0 fully saturated rings. The normalized spacial score (nSPS) is 15.9. The Hall–Kier alpha value is -3.00. The van der Waals surface area contributed by atoms with Crippen LogP contribution in [0.4, 0.5) is 0 Å². The lowest BCUT2D eigenvalue weighted by Gasteiger charge is -2.22. The predicted molar refractivity (Wildman–Crippen MR) is 107 cm³/mol. The van der Waals surface area contributed by atoms with Crippen LogP contribution >= 0.6 is 7.59 Å². The molecule has 0 amide bonds. The summed E-state index contributed by atoms with van der Waals surface area (Å²) in [7, 11) is -3.65. The molecule has 0 aromatic carbocycles. The van der Waals surface area contributed by atoms with Crippen molar-refractivity contribution in [2.24, 2.45) is 9.53 Å². The zero-order valence-electron chi connectivity index (χ0n) is 16.7. The molecule has 146 valence electrons. The van der Waals surface area contributed by atoms with Crippen molar-refractivity contribution in [3.8, 4) is 0 Å².